The molecule has 212 valence electrons. The highest BCUT2D eigenvalue weighted by Crippen LogP contribution is 2.37. The Hall–Kier alpha value is -2.02. The fourth-order valence-electron chi connectivity index (χ4n) is 3.33. The van der Waals surface area contributed by atoms with Gasteiger partial charge >= 0.3 is 0 Å². The van der Waals surface area contributed by atoms with Crippen LogP contribution in [-0.4, -0.2) is 89.2 Å². The van der Waals surface area contributed by atoms with Crippen LogP contribution >= 0.6 is 23.5 Å². The number of ketones is 1. The Labute approximate surface area is 235 Å². The third-order valence-electron chi connectivity index (χ3n) is 6.12. The van der Waals surface area contributed by atoms with Gasteiger partial charge in [0.05, 0.1) is 25.5 Å². The van der Waals surface area contributed by atoms with E-state index in [0.717, 1.165) is 29.9 Å². The van der Waals surface area contributed by atoms with Gasteiger partial charge < -0.3 is 20.7 Å². The Morgan fingerprint density at radius 2 is 1.68 bits per heavy atom. The fraction of sp³-hybridized carbons (Fsp3) is 0.760. The summed E-state index contributed by atoms with van der Waals surface area (Å²) in [6.07, 6.45) is 3.56. The molecule has 2 radical (unpaired) electrons. The van der Waals surface area contributed by atoms with E-state index >= 15 is 0 Å². The molecular formula is C25H41BN4O6S2. The number of imide groups is 1. The summed E-state index contributed by atoms with van der Waals surface area (Å²) in [6.45, 7) is 7.14. The zero-order chi connectivity index (χ0) is 28.7. The largest absolute Gasteiger partial charge is 0.354 e. The monoisotopic (exact) mass is 568 g/mol. The molecule has 0 saturated carbocycles. The third-order valence-corrected chi connectivity index (χ3v) is 8.67. The molecule has 1 aliphatic heterocycles. The predicted octanol–water partition coefficient (Wildman–Crippen LogP) is 1.36. The lowest BCUT2D eigenvalue weighted by atomic mass is 9.79. The van der Waals surface area contributed by atoms with Crippen molar-refractivity contribution in [2.45, 2.75) is 82.5 Å². The van der Waals surface area contributed by atoms with E-state index in [1.54, 1.807) is 18.7 Å². The second-order valence-electron chi connectivity index (χ2n) is 9.82. The van der Waals surface area contributed by atoms with E-state index in [1.807, 2.05) is 20.8 Å². The van der Waals surface area contributed by atoms with E-state index in [2.05, 4.69) is 16.0 Å². The van der Waals surface area contributed by atoms with E-state index in [1.165, 1.54) is 11.8 Å². The highest BCUT2D eigenvalue weighted by Gasteiger charge is 2.42. The summed E-state index contributed by atoms with van der Waals surface area (Å²) in [6, 6.07) is 0. The Kier molecular flexibility index (Phi) is 15.7. The summed E-state index contributed by atoms with van der Waals surface area (Å²) in [5.41, 5.74) is 0. The van der Waals surface area contributed by atoms with Crippen molar-refractivity contribution < 1.29 is 28.8 Å². The van der Waals surface area contributed by atoms with Crippen LogP contribution in [-0.2, 0) is 28.8 Å². The Balaban J connectivity index is 2.15. The highest BCUT2D eigenvalue weighted by molar-refractivity contribution is 8.03. The van der Waals surface area contributed by atoms with Crippen molar-refractivity contribution in [3.63, 3.8) is 0 Å². The van der Waals surface area contributed by atoms with Gasteiger partial charge in [-0.05, 0) is 36.1 Å². The van der Waals surface area contributed by atoms with E-state index in [4.69, 9.17) is 7.85 Å². The van der Waals surface area contributed by atoms with E-state index in [9.17, 15) is 28.8 Å². The molecule has 0 aromatic heterocycles. The second-order valence-corrected chi connectivity index (χ2v) is 12.6. The predicted molar refractivity (Wildman–Crippen MR) is 152 cm³/mol. The van der Waals surface area contributed by atoms with Gasteiger partial charge in [-0.25, -0.2) is 0 Å². The molecule has 0 spiro atoms. The maximum atomic E-state index is 12.6. The first-order valence-corrected chi connectivity index (χ1v) is 15.0. The molecule has 10 nitrogen and oxygen atoms in total. The van der Waals surface area contributed by atoms with Gasteiger partial charge in [-0.2, -0.15) is 11.8 Å². The third kappa shape index (κ3) is 13.7. The number of carbonyl (C=O) groups excluding carboxylic acids is 6. The van der Waals surface area contributed by atoms with Crippen molar-refractivity contribution in [3.8, 4) is 0 Å². The lowest BCUT2D eigenvalue weighted by Crippen LogP contribution is -2.40. The van der Waals surface area contributed by atoms with Gasteiger partial charge in [-0.3, -0.25) is 28.9 Å². The van der Waals surface area contributed by atoms with Gasteiger partial charge in [0.2, 0.25) is 29.5 Å². The lowest BCUT2D eigenvalue weighted by molar-refractivity contribution is -0.139. The zero-order valence-corrected chi connectivity index (χ0v) is 24.6. The molecule has 2 unspecified atom stereocenters. The first-order valence-electron chi connectivity index (χ1n) is 13.0. The number of hydrogen-bond acceptors (Lipinski definition) is 8. The number of nitrogens with zero attached hydrogens (tertiary/aromatic N) is 1. The van der Waals surface area contributed by atoms with Crippen LogP contribution in [0.15, 0.2) is 0 Å². The van der Waals surface area contributed by atoms with Gasteiger partial charge in [-0.15, -0.1) is 11.8 Å². The summed E-state index contributed by atoms with van der Waals surface area (Å²) in [7, 11) is 6.23. The van der Waals surface area contributed by atoms with Crippen LogP contribution in [0.4, 0.5) is 0 Å². The molecule has 1 saturated heterocycles. The Morgan fingerprint density at radius 3 is 2.34 bits per heavy atom. The molecular weight excluding hydrogens is 527 g/mol. The van der Waals surface area contributed by atoms with Gasteiger partial charge in [-0.1, -0.05) is 27.2 Å². The van der Waals surface area contributed by atoms with Crippen LogP contribution in [0, 0.1) is 5.92 Å². The first-order chi connectivity index (χ1) is 17.8. The van der Waals surface area contributed by atoms with Crippen LogP contribution in [0.25, 0.3) is 0 Å². The maximum Gasteiger partial charge on any atom is 0.242 e. The van der Waals surface area contributed by atoms with Crippen molar-refractivity contribution in [1.29, 1.82) is 0 Å². The lowest BCUT2D eigenvalue weighted by Gasteiger charge is -2.31. The Bertz CT molecular complexity index is 856. The molecule has 5 amide bonds. The van der Waals surface area contributed by atoms with Crippen LogP contribution < -0.4 is 16.0 Å². The smallest absolute Gasteiger partial charge is 0.242 e. The molecule has 1 fully saturated rings. The molecule has 1 rings (SSSR count). The summed E-state index contributed by atoms with van der Waals surface area (Å²) < 4.78 is -0.654. The number of likely N-dealkylation sites (tertiary alicyclic amines) is 1. The standard InChI is InChI=1S/C25H41BN4O6S2/c1-17(2)25(4,26)38-19-14-23(35)30(24(19)36)12-10-21(33)28-15-22(34)27-11-9-20(32)29-16-37-13-7-5-6-8-18(3)31/h17,19H,5-16H2,1-4H3,(H,27,34)(H,28,33)(H,29,32). The molecule has 0 aliphatic carbocycles. The molecule has 0 aromatic rings. The number of rotatable bonds is 19. The summed E-state index contributed by atoms with van der Waals surface area (Å²) >= 11 is 2.88. The van der Waals surface area contributed by atoms with Crippen molar-refractivity contribution >= 4 is 66.7 Å². The number of unbranched alkanes of at least 4 members (excludes halogenated alkanes) is 2. The summed E-state index contributed by atoms with van der Waals surface area (Å²) in [5, 5.41) is 7.23. The average molecular weight is 569 g/mol. The molecule has 1 heterocycles. The number of amides is 5. The molecule has 38 heavy (non-hydrogen) atoms. The second kappa shape index (κ2) is 17.5. The topological polar surface area (TPSA) is 142 Å². The maximum absolute atomic E-state index is 12.6. The van der Waals surface area contributed by atoms with E-state index < -0.39 is 21.7 Å². The minimum absolute atomic E-state index is 0.0538. The van der Waals surface area contributed by atoms with Gasteiger partial charge in [0.1, 0.15) is 5.78 Å². The molecule has 3 N–H and O–H groups in total. The number of hydrogen-bond donors (Lipinski definition) is 3. The molecule has 2 atom stereocenters. The number of Topliss-reactive ketones (excluding diaryl/α,β-unsaturated/α-hetero) is 1. The number of carbonyl (C=O) groups is 6. The van der Waals surface area contributed by atoms with Crippen molar-refractivity contribution in [2.75, 3.05) is 31.3 Å². The molecule has 1 aliphatic rings. The quantitative estimate of drug-likeness (QED) is 0.0918. The van der Waals surface area contributed by atoms with E-state index in [-0.39, 0.29) is 68.3 Å². The summed E-state index contributed by atoms with van der Waals surface area (Å²) in [4.78, 5) is 72.7. The molecule has 13 heteroatoms. The first kappa shape index (κ1) is 34.0. The van der Waals surface area contributed by atoms with Gasteiger partial charge in [0.15, 0.2) is 0 Å². The normalized spacial score (nSPS) is 16.9. The zero-order valence-electron chi connectivity index (χ0n) is 22.9. The van der Waals surface area contributed by atoms with Crippen molar-refractivity contribution in [3.05, 3.63) is 0 Å². The highest BCUT2D eigenvalue weighted by atomic mass is 32.2. The van der Waals surface area contributed by atoms with E-state index in [0.29, 0.717) is 12.3 Å². The van der Waals surface area contributed by atoms with Crippen molar-refractivity contribution in [1.82, 2.24) is 20.9 Å². The molecule has 0 bridgehead atoms. The average Bonchev–Trinajstić information content (AvgIpc) is 3.09. The number of nitrogens with one attached hydrogen (secondary N) is 3. The van der Waals surface area contributed by atoms with Crippen LogP contribution in [0.2, 0.25) is 0 Å². The minimum Gasteiger partial charge on any atom is -0.354 e. The SMILES string of the molecule is [B]C(C)(SC1CC(=O)N(CCC(=O)NCC(=O)NCCC(=O)NCSCCCCCC(C)=O)C1=O)C(C)C. The molecule has 0 aromatic carbocycles. The van der Waals surface area contributed by atoms with Crippen LogP contribution in [0.1, 0.15) is 72.6 Å². The summed E-state index contributed by atoms with van der Waals surface area (Å²) in [5.74, 6) is -0.0509. The Morgan fingerprint density at radius 1 is 1.00 bits per heavy atom. The van der Waals surface area contributed by atoms with Crippen molar-refractivity contribution in [2.24, 2.45) is 5.92 Å². The van der Waals surface area contributed by atoms with Gasteiger partial charge in [0.25, 0.3) is 0 Å². The van der Waals surface area contributed by atoms with Gasteiger partial charge in [0, 0.05) is 38.8 Å². The minimum atomic E-state index is -0.654. The van der Waals surface area contributed by atoms with Crippen LogP contribution in [0.3, 0.4) is 0 Å². The van der Waals surface area contributed by atoms with Crippen LogP contribution in [0.5, 0.6) is 0 Å². The fourth-order valence-corrected chi connectivity index (χ4v) is 5.48. The number of thioether (sulfide) groups is 2.